The van der Waals surface area contributed by atoms with Crippen molar-refractivity contribution in [3.05, 3.63) is 46.2 Å². The van der Waals surface area contributed by atoms with Gasteiger partial charge in [-0.3, -0.25) is 9.59 Å². The topological polar surface area (TPSA) is 58.2 Å². The largest absolute Gasteiger partial charge is 0.354 e. The van der Waals surface area contributed by atoms with Crippen LogP contribution in [0, 0.1) is 6.92 Å². The van der Waals surface area contributed by atoms with Crippen LogP contribution < -0.4 is 10.6 Å². The molecule has 2 aromatic rings. The fourth-order valence-electron chi connectivity index (χ4n) is 2.17. The van der Waals surface area contributed by atoms with Crippen molar-refractivity contribution < 1.29 is 9.59 Å². The lowest BCUT2D eigenvalue weighted by Gasteiger charge is -2.14. The molecule has 0 spiro atoms. The van der Waals surface area contributed by atoms with Crippen LogP contribution in [0.3, 0.4) is 0 Å². The number of benzene rings is 1. The lowest BCUT2D eigenvalue weighted by molar-refractivity contribution is -0.122. The van der Waals surface area contributed by atoms with Crippen LogP contribution in [-0.4, -0.2) is 24.4 Å². The van der Waals surface area contributed by atoms with E-state index in [-0.39, 0.29) is 11.8 Å². The first kappa shape index (κ1) is 17.2. The third-order valence-corrected chi connectivity index (χ3v) is 4.44. The molecule has 4 nitrogen and oxygen atoms in total. The maximum Gasteiger partial charge on any atom is 0.262 e. The predicted molar refractivity (Wildman–Crippen MR) is 94.7 cm³/mol. The Bertz CT molecular complexity index is 677. The second-order valence-corrected chi connectivity index (χ2v) is 6.43. The smallest absolute Gasteiger partial charge is 0.262 e. The molecule has 1 heterocycles. The molecule has 0 saturated heterocycles. The Morgan fingerprint density at radius 1 is 1.17 bits per heavy atom. The van der Waals surface area contributed by atoms with Crippen LogP contribution in [-0.2, 0) is 4.79 Å². The molecule has 122 valence electrons. The number of hydrogen-bond acceptors (Lipinski definition) is 3. The summed E-state index contributed by atoms with van der Waals surface area (Å²) in [4.78, 5) is 25.0. The molecule has 0 bridgehead atoms. The van der Waals surface area contributed by atoms with E-state index in [9.17, 15) is 9.59 Å². The maximum absolute atomic E-state index is 12.5. The van der Waals surface area contributed by atoms with Gasteiger partial charge in [-0.05, 0) is 37.3 Å². The van der Waals surface area contributed by atoms with E-state index in [1.54, 1.807) is 6.92 Å². The molecular formula is C18H22N2O2S. The second kappa shape index (κ2) is 7.92. The summed E-state index contributed by atoms with van der Waals surface area (Å²) in [6.45, 7) is 6.33. The lowest BCUT2D eigenvalue weighted by Crippen LogP contribution is -2.44. The zero-order valence-electron chi connectivity index (χ0n) is 13.7. The highest BCUT2D eigenvalue weighted by molar-refractivity contribution is 7.12. The van der Waals surface area contributed by atoms with E-state index in [1.807, 2.05) is 49.6 Å². The monoisotopic (exact) mass is 330 g/mol. The van der Waals surface area contributed by atoms with Gasteiger partial charge >= 0.3 is 0 Å². The molecule has 0 aliphatic heterocycles. The van der Waals surface area contributed by atoms with Crippen LogP contribution in [0.25, 0.3) is 11.1 Å². The Kier molecular flexibility index (Phi) is 5.93. The first-order chi connectivity index (χ1) is 11.0. The number of amides is 2. The Morgan fingerprint density at radius 3 is 2.52 bits per heavy atom. The lowest BCUT2D eigenvalue weighted by atomic mass is 10.0. The molecule has 0 fully saturated rings. The Morgan fingerprint density at radius 2 is 1.87 bits per heavy atom. The third kappa shape index (κ3) is 4.42. The van der Waals surface area contributed by atoms with Crippen LogP contribution in [0.15, 0.2) is 35.7 Å². The number of carbonyl (C=O) groups excluding carboxylic acids is 2. The minimum absolute atomic E-state index is 0.159. The fraction of sp³-hybridized carbons (Fsp3) is 0.333. The SMILES string of the molecule is CCCNC(=O)C(C)NC(=O)c1sccc1-c1ccc(C)cc1. The maximum atomic E-state index is 12.5. The van der Waals surface area contributed by atoms with E-state index in [0.29, 0.717) is 11.4 Å². The minimum atomic E-state index is -0.554. The molecule has 5 heteroatoms. The molecule has 1 atom stereocenters. The van der Waals surface area contributed by atoms with Gasteiger partial charge in [0, 0.05) is 12.1 Å². The summed E-state index contributed by atoms with van der Waals surface area (Å²) >= 11 is 1.38. The summed E-state index contributed by atoms with van der Waals surface area (Å²) in [6.07, 6.45) is 0.870. The fourth-order valence-corrected chi connectivity index (χ4v) is 2.99. The number of hydrogen-bond donors (Lipinski definition) is 2. The quantitative estimate of drug-likeness (QED) is 0.853. The molecular weight excluding hydrogens is 308 g/mol. The molecule has 1 aromatic carbocycles. The molecule has 1 unspecified atom stereocenters. The van der Waals surface area contributed by atoms with Crippen LogP contribution in [0.2, 0.25) is 0 Å². The second-order valence-electron chi connectivity index (χ2n) is 5.52. The Hall–Kier alpha value is -2.14. The van der Waals surface area contributed by atoms with E-state index < -0.39 is 6.04 Å². The molecule has 0 aliphatic carbocycles. The highest BCUT2D eigenvalue weighted by atomic mass is 32.1. The van der Waals surface area contributed by atoms with Crippen molar-refractivity contribution in [1.29, 1.82) is 0 Å². The van der Waals surface area contributed by atoms with Crippen molar-refractivity contribution in [3.8, 4) is 11.1 Å². The average molecular weight is 330 g/mol. The van der Waals surface area contributed by atoms with Crippen molar-refractivity contribution in [1.82, 2.24) is 10.6 Å². The zero-order valence-corrected chi connectivity index (χ0v) is 14.5. The first-order valence-corrected chi connectivity index (χ1v) is 8.64. The number of carbonyl (C=O) groups is 2. The van der Waals surface area contributed by atoms with Gasteiger partial charge in [0.15, 0.2) is 0 Å². The minimum Gasteiger partial charge on any atom is -0.354 e. The van der Waals surface area contributed by atoms with Gasteiger partial charge in [-0.15, -0.1) is 11.3 Å². The van der Waals surface area contributed by atoms with Gasteiger partial charge in [0.1, 0.15) is 6.04 Å². The number of aryl methyl sites for hydroxylation is 1. The standard InChI is InChI=1S/C18H22N2O2S/c1-4-10-19-17(21)13(3)20-18(22)16-15(9-11-23-16)14-7-5-12(2)6-8-14/h5-9,11,13H,4,10H2,1-3H3,(H,19,21)(H,20,22). The van der Waals surface area contributed by atoms with Gasteiger partial charge in [0.25, 0.3) is 5.91 Å². The van der Waals surface area contributed by atoms with E-state index in [2.05, 4.69) is 10.6 Å². The molecule has 2 rings (SSSR count). The summed E-state index contributed by atoms with van der Waals surface area (Å²) < 4.78 is 0. The van der Waals surface area contributed by atoms with Crippen molar-refractivity contribution in [2.45, 2.75) is 33.2 Å². The number of thiophene rings is 1. The summed E-state index contributed by atoms with van der Waals surface area (Å²) in [6, 6.07) is 9.44. The summed E-state index contributed by atoms with van der Waals surface area (Å²) in [5.41, 5.74) is 3.08. The number of nitrogens with one attached hydrogen (secondary N) is 2. The molecule has 1 aromatic heterocycles. The van der Waals surface area contributed by atoms with Gasteiger partial charge in [0.2, 0.25) is 5.91 Å². The molecule has 0 radical (unpaired) electrons. The predicted octanol–water partition coefficient (Wildman–Crippen LogP) is 3.37. The summed E-state index contributed by atoms with van der Waals surface area (Å²) in [5.74, 6) is -0.372. The summed E-state index contributed by atoms with van der Waals surface area (Å²) in [7, 11) is 0. The Balaban J connectivity index is 2.10. The average Bonchev–Trinajstić information content (AvgIpc) is 3.02. The highest BCUT2D eigenvalue weighted by Crippen LogP contribution is 2.28. The number of rotatable bonds is 6. The van der Waals surface area contributed by atoms with Crippen molar-refractivity contribution in [3.63, 3.8) is 0 Å². The van der Waals surface area contributed by atoms with Gasteiger partial charge in [-0.1, -0.05) is 36.8 Å². The third-order valence-electron chi connectivity index (χ3n) is 3.52. The Labute approximate surface area is 140 Å². The molecule has 0 aliphatic rings. The van der Waals surface area contributed by atoms with Crippen molar-refractivity contribution in [2.24, 2.45) is 0 Å². The normalized spacial score (nSPS) is 11.8. The van der Waals surface area contributed by atoms with Crippen LogP contribution >= 0.6 is 11.3 Å². The molecule has 23 heavy (non-hydrogen) atoms. The first-order valence-electron chi connectivity index (χ1n) is 7.76. The van der Waals surface area contributed by atoms with Gasteiger partial charge in [-0.2, -0.15) is 0 Å². The van der Waals surface area contributed by atoms with E-state index in [4.69, 9.17) is 0 Å². The van der Waals surface area contributed by atoms with Gasteiger partial charge in [0.05, 0.1) is 4.88 Å². The zero-order chi connectivity index (χ0) is 16.8. The van der Waals surface area contributed by atoms with Gasteiger partial charge in [-0.25, -0.2) is 0 Å². The molecule has 2 N–H and O–H groups in total. The summed E-state index contributed by atoms with van der Waals surface area (Å²) in [5, 5.41) is 7.45. The van der Waals surface area contributed by atoms with Gasteiger partial charge < -0.3 is 10.6 Å². The van der Waals surface area contributed by atoms with E-state index in [0.717, 1.165) is 17.5 Å². The highest BCUT2D eigenvalue weighted by Gasteiger charge is 2.19. The molecule has 0 saturated carbocycles. The van der Waals surface area contributed by atoms with E-state index in [1.165, 1.54) is 16.9 Å². The van der Waals surface area contributed by atoms with Crippen LogP contribution in [0.1, 0.15) is 35.5 Å². The molecule has 2 amide bonds. The van der Waals surface area contributed by atoms with Crippen LogP contribution in [0.5, 0.6) is 0 Å². The van der Waals surface area contributed by atoms with Crippen molar-refractivity contribution >= 4 is 23.2 Å². The van der Waals surface area contributed by atoms with Crippen molar-refractivity contribution in [2.75, 3.05) is 6.54 Å². The van der Waals surface area contributed by atoms with E-state index >= 15 is 0 Å². The van der Waals surface area contributed by atoms with Crippen LogP contribution in [0.4, 0.5) is 0 Å².